The number of hydrogen-bond acceptors (Lipinski definition) is 1. The average Bonchev–Trinajstić information content (AvgIpc) is 3.01. The second-order valence-corrected chi connectivity index (χ2v) is 7.92. The van der Waals surface area contributed by atoms with Gasteiger partial charge >= 0.3 is 0 Å². The minimum Gasteiger partial charge on any atom is -0.331 e. The van der Waals surface area contributed by atoms with E-state index in [1.165, 1.54) is 37.9 Å². The van der Waals surface area contributed by atoms with Crippen molar-refractivity contribution in [3.05, 3.63) is 71.7 Å². The quantitative estimate of drug-likeness (QED) is 0.542. The molecule has 1 N–H and O–H groups in total. The SMILES string of the molecule is Fc1[nH]c2ccccc2c1CCCCN1CCC[C@@H](Cc2ccccc2)C1. The van der Waals surface area contributed by atoms with E-state index in [1.807, 2.05) is 24.3 Å². The summed E-state index contributed by atoms with van der Waals surface area (Å²) >= 11 is 0. The number of piperidine rings is 1. The number of likely N-dealkylation sites (tertiary alicyclic amines) is 1. The number of aromatic amines is 1. The monoisotopic (exact) mass is 364 g/mol. The summed E-state index contributed by atoms with van der Waals surface area (Å²) in [5.74, 6) is 0.615. The Labute approximate surface area is 161 Å². The van der Waals surface area contributed by atoms with Crippen LogP contribution in [0.3, 0.4) is 0 Å². The molecule has 0 aliphatic carbocycles. The minimum atomic E-state index is -0.155. The normalized spacial score (nSPS) is 18.2. The Morgan fingerprint density at radius 1 is 1.00 bits per heavy atom. The van der Waals surface area contributed by atoms with Crippen molar-refractivity contribution in [1.82, 2.24) is 9.88 Å². The van der Waals surface area contributed by atoms with Gasteiger partial charge in [0.05, 0.1) is 0 Å². The van der Waals surface area contributed by atoms with E-state index in [0.717, 1.165) is 48.2 Å². The lowest BCUT2D eigenvalue weighted by molar-refractivity contribution is 0.171. The van der Waals surface area contributed by atoms with Crippen LogP contribution in [0, 0.1) is 11.9 Å². The molecular formula is C24H29FN2. The highest BCUT2D eigenvalue weighted by Gasteiger charge is 2.20. The second-order valence-electron chi connectivity index (χ2n) is 7.92. The predicted octanol–water partition coefficient (Wildman–Crippen LogP) is 5.58. The summed E-state index contributed by atoms with van der Waals surface area (Å²) in [7, 11) is 0. The lowest BCUT2D eigenvalue weighted by atomic mass is 9.91. The number of benzene rings is 2. The van der Waals surface area contributed by atoms with Gasteiger partial charge in [-0.15, -0.1) is 0 Å². The molecule has 0 amide bonds. The van der Waals surface area contributed by atoms with Gasteiger partial charge in [-0.25, -0.2) is 0 Å². The summed E-state index contributed by atoms with van der Waals surface area (Å²) < 4.78 is 14.2. The van der Waals surface area contributed by atoms with Crippen molar-refractivity contribution in [2.24, 2.45) is 5.92 Å². The van der Waals surface area contributed by atoms with Crippen LogP contribution in [0.25, 0.3) is 10.9 Å². The molecule has 4 rings (SSSR count). The zero-order chi connectivity index (χ0) is 18.5. The standard InChI is InChI=1S/C24H29FN2/c25-24-22(21-12-4-5-14-23(21)26-24)13-6-7-15-27-16-8-11-20(18-27)17-19-9-2-1-3-10-19/h1-5,9-10,12,14,20,26H,6-8,11,13,15-18H2/t20-/m0/s1. The third kappa shape index (κ3) is 4.59. The molecule has 0 saturated carbocycles. The molecule has 2 nitrogen and oxygen atoms in total. The van der Waals surface area contributed by atoms with Crippen molar-refractivity contribution < 1.29 is 4.39 Å². The summed E-state index contributed by atoms with van der Waals surface area (Å²) in [6.07, 6.45) is 6.82. The van der Waals surface area contributed by atoms with Crippen LogP contribution in [0.1, 0.15) is 36.8 Å². The smallest absolute Gasteiger partial charge is 0.195 e. The van der Waals surface area contributed by atoms with E-state index in [1.54, 1.807) is 0 Å². The number of aryl methyl sites for hydroxylation is 1. The summed E-state index contributed by atoms with van der Waals surface area (Å²) in [5.41, 5.74) is 3.22. The van der Waals surface area contributed by atoms with Gasteiger partial charge in [-0.3, -0.25) is 0 Å². The zero-order valence-electron chi connectivity index (χ0n) is 16.0. The lowest BCUT2D eigenvalue weighted by Crippen LogP contribution is -2.36. The third-order valence-electron chi connectivity index (χ3n) is 5.88. The molecule has 3 heteroatoms. The number of para-hydroxylation sites is 1. The molecule has 1 fully saturated rings. The molecule has 142 valence electrons. The fourth-order valence-corrected chi connectivity index (χ4v) is 4.52. The highest BCUT2D eigenvalue weighted by molar-refractivity contribution is 5.83. The van der Waals surface area contributed by atoms with Crippen molar-refractivity contribution in [3.8, 4) is 0 Å². The number of fused-ring (bicyclic) bond motifs is 1. The van der Waals surface area contributed by atoms with Crippen LogP contribution in [0.2, 0.25) is 0 Å². The maximum Gasteiger partial charge on any atom is 0.195 e. The van der Waals surface area contributed by atoms with E-state index in [2.05, 4.69) is 40.2 Å². The summed E-state index contributed by atoms with van der Waals surface area (Å²) in [4.78, 5) is 5.48. The molecular weight excluding hydrogens is 335 g/mol. The first-order chi connectivity index (χ1) is 13.3. The Balaban J connectivity index is 1.24. The molecule has 1 saturated heterocycles. The third-order valence-corrected chi connectivity index (χ3v) is 5.88. The van der Waals surface area contributed by atoms with E-state index < -0.39 is 0 Å². The van der Waals surface area contributed by atoms with E-state index in [9.17, 15) is 4.39 Å². The molecule has 1 aliphatic heterocycles. The fourth-order valence-electron chi connectivity index (χ4n) is 4.52. The highest BCUT2D eigenvalue weighted by Crippen LogP contribution is 2.24. The fraction of sp³-hybridized carbons (Fsp3) is 0.417. The minimum absolute atomic E-state index is 0.155. The Bertz CT molecular complexity index is 855. The Hall–Kier alpha value is -2.13. The van der Waals surface area contributed by atoms with Gasteiger partial charge in [-0.2, -0.15) is 4.39 Å². The summed E-state index contributed by atoms with van der Waals surface area (Å²) in [5, 5.41) is 1.04. The van der Waals surface area contributed by atoms with Crippen molar-refractivity contribution >= 4 is 10.9 Å². The van der Waals surface area contributed by atoms with Crippen molar-refractivity contribution in [2.75, 3.05) is 19.6 Å². The Morgan fingerprint density at radius 3 is 2.70 bits per heavy atom. The van der Waals surface area contributed by atoms with Gasteiger partial charge in [-0.1, -0.05) is 48.5 Å². The molecule has 2 aromatic carbocycles. The molecule has 0 spiro atoms. The van der Waals surface area contributed by atoms with Gasteiger partial charge in [0.15, 0.2) is 5.95 Å². The molecule has 0 unspecified atom stereocenters. The van der Waals surface area contributed by atoms with Crippen molar-refractivity contribution in [2.45, 2.75) is 38.5 Å². The first kappa shape index (κ1) is 18.2. The first-order valence-electron chi connectivity index (χ1n) is 10.3. The molecule has 3 aromatic rings. The van der Waals surface area contributed by atoms with Crippen LogP contribution in [-0.2, 0) is 12.8 Å². The van der Waals surface area contributed by atoms with Gasteiger partial charge in [-0.05, 0) is 69.2 Å². The van der Waals surface area contributed by atoms with E-state index >= 15 is 0 Å². The molecule has 1 aliphatic rings. The first-order valence-corrected chi connectivity index (χ1v) is 10.3. The highest BCUT2D eigenvalue weighted by atomic mass is 19.1. The number of nitrogens with zero attached hydrogens (tertiary/aromatic N) is 1. The molecule has 27 heavy (non-hydrogen) atoms. The Morgan fingerprint density at radius 2 is 1.81 bits per heavy atom. The second kappa shape index (κ2) is 8.71. The topological polar surface area (TPSA) is 19.0 Å². The average molecular weight is 365 g/mol. The van der Waals surface area contributed by atoms with Gasteiger partial charge < -0.3 is 9.88 Å². The van der Waals surface area contributed by atoms with Crippen LogP contribution in [0.5, 0.6) is 0 Å². The number of hydrogen-bond donors (Lipinski definition) is 1. The number of aromatic nitrogens is 1. The maximum absolute atomic E-state index is 14.2. The van der Waals surface area contributed by atoms with Crippen LogP contribution in [0.15, 0.2) is 54.6 Å². The van der Waals surface area contributed by atoms with Crippen molar-refractivity contribution in [3.63, 3.8) is 0 Å². The van der Waals surface area contributed by atoms with Crippen LogP contribution in [0.4, 0.5) is 4.39 Å². The molecule has 1 atom stereocenters. The lowest BCUT2D eigenvalue weighted by Gasteiger charge is -2.32. The summed E-state index contributed by atoms with van der Waals surface area (Å²) in [6.45, 7) is 3.55. The number of halogens is 1. The van der Waals surface area contributed by atoms with Gasteiger partial charge in [0.1, 0.15) is 0 Å². The zero-order valence-corrected chi connectivity index (χ0v) is 16.0. The number of rotatable bonds is 7. The summed E-state index contributed by atoms with van der Waals surface area (Å²) in [6, 6.07) is 18.8. The van der Waals surface area contributed by atoms with Crippen LogP contribution in [-0.4, -0.2) is 29.5 Å². The maximum atomic E-state index is 14.2. The molecule has 0 radical (unpaired) electrons. The molecule has 1 aromatic heterocycles. The van der Waals surface area contributed by atoms with E-state index in [0.29, 0.717) is 0 Å². The number of nitrogens with one attached hydrogen (secondary N) is 1. The number of H-pyrrole nitrogens is 1. The van der Waals surface area contributed by atoms with Gasteiger partial charge in [0.25, 0.3) is 0 Å². The molecule has 0 bridgehead atoms. The van der Waals surface area contributed by atoms with Crippen LogP contribution >= 0.6 is 0 Å². The van der Waals surface area contributed by atoms with Crippen LogP contribution < -0.4 is 0 Å². The Kier molecular flexibility index (Phi) is 5.88. The van der Waals surface area contributed by atoms with Gasteiger partial charge in [0, 0.05) is 23.0 Å². The van der Waals surface area contributed by atoms with E-state index in [-0.39, 0.29) is 5.95 Å². The molecule has 2 heterocycles. The van der Waals surface area contributed by atoms with E-state index in [4.69, 9.17) is 0 Å². The van der Waals surface area contributed by atoms with Gasteiger partial charge in [0.2, 0.25) is 0 Å². The number of unbranched alkanes of at least 4 members (excludes halogenated alkanes) is 1. The van der Waals surface area contributed by atoms with Crippen molar-refractivity contribution in [1.29, 1.82) is 0 Å². The predicted molar refractivity (Wildman–Crippen MR) is 111 cm³/mol. The largest absolute Gasteiger partial charge is 0.331 e.